The zero-order valence-electron chi connectivity index (χ0n) is 10.4. The van der Waals surface area contributed by atoms with Crippen molar-refractivity contribution >= 4 is 29.2 Å². The number of carboxylic acid groups (broad SMARTS) is 1. The van der Waals surface area contributed by atoms with E-state index >= 15 is 0 Å². The molecule has 0 aliphatic carbocycles. The second kappa shape index (κ2) is 6.26. The van der Waals surface area contributed by atoms with E-state index in [1.807, 2.05) is 0 Å². The van der Waals surface area contributed by atoms with Crippen molar-refractivity contribution in [1.82, 2.24) is 9.78 Å². The van der Waals surface area contributed by atoms with E-state index < -0.39 is 5.97 Å². The Morgan fingerprint density at radius 1 is 1.35 bits per heavy atom. The number of nitrogens with zero attached hydrogens (tertiary/aromatic N) is 2. The van der Waals surface area contributed by atoms with Gasteiger partial charge >= 0.3 is 5.97 Å². The number of hydrogen-bond acceptors (Lipinski definition) is 3. The number of hydrogen-bond donors (Lipinski definition) is 2. The number of carboxylic acids is 1. The van der Waals surface area contributed by atoms with E-state index in [1.54, 1.807) is 24.4 Å². The van der Waals surface area contributed by atoms with Gasteiger partial charge in [0.25, 0.3) is 0 Å². The van der Waals surface area contributed by atoms with Gasteiger partial charge in [-0.05, 0) is 31.0 Å². The molecule has 0 aliphatic heterocycles. The van der Waals surface area contributed by atoms with Crippen LogP contribution in [-0.4, -0.2) is 32.6 Å². The molecule has 1 aromatic carbocycles. The molecule has 0 saturated heterocycles. The first-order chi connectivity index (χ1) is 9.52. The van der Waals surface area contributed by atoms with E-state index in [0.717, 1.165) is 0 Å². The Balaban J connectivity index is 2.44. The number of aliphatic hydroxyl groups excluding tert-OH is 1. The highest BCUT2D eigenvalue weighted by Crippen LogP contribution is 2.25. The fourth-order valence-corrected chi connectivity index (χ4v) is 2.33. The Morgan fingerprint density at radius 3 is 2.70 bits per heavy atom. The van der Waals surface area contributed by atoms with Crippen molar-refractivity contribution in [2.45, 2.75) is 12.8 Å². The first kappa shape index (κ1) is 14.8. The van der Waals surface area contributed by atoms with Crippen LogP contribution in [0.3, 0.4) is 0 Å². The molecule has 2 rings (SSSR count). The lowest BCUT2D eigenvalue weighted by molar-refractivity contribution is 0.0688. The highest BCUT2D eigenvalue weighted by molar-refractivity contribution is 6.35. The Kier molecular flexibility index (Phi) is 4.65. The Bertz CT molecular complexity index is 641. The molecular weight excluding hydrogens is 303 g/mol. The van der Waals surface area contributed by atoms with Crippen molar-refractivity contribution in [3.05, 3.63) is 45.7 Å². The Hall–Kier alpha value is -1.56. The lowest BCUT2D eigenvalue weighted by atomic mass is 10.1. The summed E-state index contributed by atoms with van der Waals surface area (Å²) in [6.07, 6.45) is 2.51. The van der Waals surface area contributed by atoms with Crippen LogP contribution in [0.4, 0.5) is 0 Å². The molecule has 2 aromatic rings. The van der Waals surface area contributed by atoms with Gasteiger partial charge in [-0.3, -0.25) is 0 Å². The first-order valence-corrected chi connectivity index (χ1v) is 6.66. The van der Waals surface area contributed by atoms with Crippen molar-refractivity contribution in [2.24, 2.45) is 0 Å². The molecule has 0 saturated carbocycles. The maximum absolute atomic E-state index is 11.2. The van der Waals surface area contributed by atoms with E-state index in [-0.39, 0.29) is 12.3 Å². The maximum Gasteiger partial charge on any atom is 0.356 e. The molecule has 0 spiro atoms. The third kappa shape index (κ3) is 3.12. The number of rotatable bonds is 5. The van der Waals surface area contributed by atoms with Crippen LogP contribution in [0.5, 0.6) is 0 Å². The van der Waals surface area contributed by atoms with Gasteiger partial charge in [-0.25, -0.2) is 9.48 Å². The Labute approximate surface area is 125 Å². The van der Waals surface area contributed by atoms with Gasteiger partial charge in [-0.1, -0.05) is 23.2 Å². The van der Waals surface area contributed by atoms with Crippen molar-refractivity contribution in [2.75, 3.05) is 6.61 Å². The van der Waals surface area contributed by atoms with E-state index in [0.29, 0.717) is 34.1 Å². The predicted octanol–water partition coefficient (Wildman–Crippen LogP) is 2.80. The minimum absolute atomic E-state index is 0.00800. The zero-order valence-corrected chi connectivity index (χ0v) is 11.9. The summed E-state index contributed by atoms with van der Waals surface area (Å²) < 4.78 is 1.41. The summed E-state index contributed by atoms with van der Waals surface area (Å²) in [4.78, 5) is 11.2. The van der Waals surface area contributed by atoms with E-state index in [9.17, 15) is 4.79 Å². The summed E-state index contributed by atoms with van der Waals surface area (Å²) in [5.74, 6) is -1.11. The van der Waals surface area contributed by atoms with E-state index in [4.69, 9.17) is 33.4 Å². The molecule has 1 heterocycles. The summed E-state index contributed by atoms with van der Waals surface area (Å²) in [5, 5.41) is 22.9. The summed E-state index contributed by atoms with van der Waals surface area (Å²) in [7, 11) is 0. The fraction of sp³-hybridized carbons (Fsp3) is 0.231. The summed E-state index contributed by atoms with van der Waals surface area (Å²) in [5.41, 5.74) is 1.07. The van der Waals surface area contributed by atoms with E-state index in [1.165, 1.54) is 4.68 Å². The molecule has 0 radical (unpaired) electrons. The summed E-state index contributed by atoms with van der Waals surface area (Å²) in [6, 6.07) is 4.88. The molecule has 106 valence electrons. The molecule has 0 atom stereocenters. The van der Waals surface area contributed by atoms with Crippen LogP contribution in [0.25, 0.3) is 5.69 Å². The van der Waals surface area contributed by atoms with Crippen LogP contribution < -0.4 is 0 Å². The third-order valence-electron chi connectivity index (χ3n) is 2.75. The first-order valence-electron chi connectivity index (χ1n) is 5.91. The summed E-state index contributed by atoms with van der Waals surface area (Å²) in [6.45, 7) is -0.00800. The average molecular weight is 315 g/mol. The lowest BCUT2D eigenvalue weighted by Gasteiger charge is -2.04. The molecule has 1 aromatic heterocycles. The van der Waals surface area contributed by atoms with Gasteiger partial charge in [0.2, 0.25) is 0 Å². The molecule has 0 bridgehead atoms. The van der Waals surface area contributed by atoms with Crippen LogP contribution in [0.2, 0.25) is 10.0 Å². The second-order valence-electron chi connectivity index (χ2n) is 4.18. The standard InChI is InChI=1S/C13H12Cl2N2O3/c14-9-3-4-11(10(15)6-9)17-7-8(2-1-5-18)12(16-17)13(19)20/h3-4,6-7,18H,1-2,5H2,(H,19,20). The van der Waals surface area contributed by atoms with Gasteiger partial charge in [0.1, 0.15) is 0 Å². The van der Waals surface area contributed by atoms with Gasteiger partial charge in [0, 0.05) is 23.4 Å². The number of aromatic nitrogens is 2. The van der Waals surface area contributed by atoms with Crippen molar-refractivity contribution in [3.8, 4) is 5.69 Å². The molecule has 0 fully saturated rings. The highest BCUT2D eigenvalue weighted by Gasteiger charge is 2.17. The van der Waals surface area contributed by atoms with Gasteiger partial charge in [0.05, 0.1) is 10.7 Å². The number of carbonyl (C=O) groups is 1. The van der Waals surface area contributed by atoms with Crippen molar-refractivity contribution in [3.63, 3.8) is 0 Å². The molecule has 0 amide bonds. The average Bonchev–Trinajstić information content (AvgIpc) is 2.80. The largest absolute Gasteiger partial charge is 0.476 e. The monoisotopic (exact) mass is 314 g/mol. The third-order valence-corrected chi connectivity index (χ3v) is 3.29. The minimum Gasteiger partial charge on any atom is -0.476 e. The summed E-state index contributed by atoms with van der Waals surface area (Å²) >= 11 is 11.9. The molecular formula is C13H12Cl2N2O3. The number of halogens is 2. The topological polar surface area (TPSA) is 75.3 Å². The van der Waals surface area contributed by atoms with Crippen LogP contribution in [0, 0.1) is 0 Å². The Morgan fingerprint density at radius 2 is 2.10 bits per heavy atom. The maximum atomic E-state index is 11.2. The van der Waals surface area contributed by atoms with Crippen LogP contribution >= 0.6 is 23.2 Å². The number of benzene rings is 1. The SMILES string of the molecule is O=C(O)c1nn(-c2ccc(Cl)cc2Cl)cc1CCCO. The fourth-order valence-electron chi connectivity index (χ4n) is 1.83. The van der Waals surface area contributed by atoms with Gasteiger partial charge < -0.3 is 10.2 Å². The molecule has 0 unspecified atom stereocenters. The second-order valence-corrected chi connectivity index (χ2v) is 5.02. The normalized spacial score (nSPS) is 10.8. The predicted molar refractivity (Wildman–Crippen MR) is 76.0 cm³/mol. The molecule has 5 nitrogen and oxygen atoms in total. The van der Waals surface area contributed by atoms with Crippen molar-refractivity contribution < 1.29 is 15.0 Å². The number of aliphatic hydroxyl groups is 1. The number of aryl methyl sites for hydroxylation is 1. The molecule has 20 heavy (non-hydrogen) atoms. The van der Waals surface area contributed by atoms with Gasteiger partial charge in [0.15, 0.2) is 5.69 Å². The van der Waals surface area contributed by atoms with Crippen LogP contribution in [0.15, 0.2) is 24.4 Å². The zero-order chi connectivity index (χ0) is 14.7. The molecule has 7 heteroatoms. The smallest absolute Gasteiger partial charge is 0.356 e. The van der Waals surface area contributed by atoms with Crippen molar-refractivity contribution in [1.29, 1.82) is 0 Å². The molecule has 2 N–H and O–H groups in total. The number of aromatic carboxylic acids is 1. The quantitative estimate of drug-likeness (QED) is 0.889. The minimum atomic E-state index is -1.11. The molecule has 0 aliphatic rings. The lowest BCUT2D eigenvalue weighted by Crippen LogP contribution is -2.03. The van der Waals surface area contributed by atoms with Crippen LogP contribution in [0.1, 0.15) is 22.5 Å². The highest BCUT2D eigenvalue weighted by atomic mass is 35.5. The van der Waals surface area contributed by atoms with Crippen LogP contribution in [-0.2, 0) is 6.42 Å². The van der Waals surface area contributed by atoms with Gasteiger partial charge in [-0.2, -0.15) is 5.10 Å². The van der Waals surface area contributed by atoms with Gasteiger partial charge in [-0.15, -0.1) is 0 Å². The van der Waals surface area contributed by atoms with E-state index in [2.05, 4.69) is 5.10 Å².